The molecule has 3 heterocycles. The Morgan fingerprint density at radius 2 is 1.91 bits per heavy atom. The number of hydrogen-bond donors (Lipinski definition) is 2. The summed E-state index contributed by atoms with van der Waals surface area (Å²) in [4.78, 5) is 26.1. The average molecular weight is 489 g/mol. The number of ether oxygens (including phenoxy) is 2. The van der Waals surface area contributed by atoms with E-state index in [-0.39, 0.29) is 11.7 Å². The summed E-state index contributed by atoms with van der Waals surface area (Å²) in [5.74, 6) is 1.91. The highest BCUT2D eigenvalue weighted by Crippen LogP contribution is 2.33. The monoisotopic (exact) mass is 488 g/mol. The number of furan rings is 1. The van der Waals surface area contributed by atoms with Crippen LogP contribution in [-0.4, -0.2) is 45.3 Å². The van der Waals surface area contributed by atoms with Crippen LogP contribution < -0.4 is 14.8 Å². The van der Waals surface area contributed by atoms with Gasteiger partial charge >= 0.3 is 0 Å². The normalized spacial score (nSPS) is 10.9. The van der Waals surface area contributed by atoms with Gasteiger partial charge in [-0.05, 0) is 24.3 Å². The van der Waals surface area contributed by atoms with Crippen LogP contribution in [0.15, 0.2) is 70.5 Å². The van der Waals surface area contributed by atoms with Gasteiger partial charge in [-0.15, -0.1) is 5.10 Å². The van der Waals surface area contributed by atoms with Crippen molar-refractivity contribution in [2.24, 2.45) is 0 Å². The third-order valence-corrected chi connectivity index (χ3v) is 6.07. The van der Waals surface area contributed by atoms with Crippen molar-refractivity contribution in [3.63, 3.8) is 0 Å². The minimum Gasteiger partial charge on any atom is -0.497 e. The van der Waals surface area contributed by atoms with E-state index < -0.39 is 5.91 Å². The number of methoxy groups -OCH3 is 2. The van der Waals surface area contributed by atoms with Crippen LogP contribution in [0.1, 0.15) is 16.1 Å². The summed E-state index contributed by atoms with van der Waals surface area (Å²) in [6.45, 7) is 0. The number of nitrogens with one attached hydrogen (secondary N) is 2. The van der Waals surface area contributed by atoms with Crippen LogP contribution in [-0.2, 0) is 5.75 Å². The van der Waals surface area contributed by atoms with Crippen molar-refractivity contribution in [2.45, 2.75) is 10.9 Å². The molecule has 176 valence electrons. The van der Waals surface area contributed by atoms with Gasteiger partial charge in [0.15, 0.2) is 16.7 Å². The Labute approximate surface area is 204 Å². The van der Waals surface area contributed by atoms with E-state index in [4.69, 9.17) is 13.9 Å². The Morgan fingerprint density at radius 3 is 2.71 bits per heavy atom. The topological polar surface area (TPSA) is 128 Å². The molecule has 0 spiro atoms. The number of amides is 1. The second kappa shape index (κ2) is 9.85. The van der Waals surface area contributed by atoms with E-state index in [0.717, 1.165) is 10.9 Å². The number of fused-ring (bicyclic) bond motifs is 1. The second-order valence-electron chi connectivity index (χ2n) is 7.25. The number of thioether (sulfide) groups is 1. The van der Waals surface area contributed by atoms with Crippen LogP contribution in [0, 0.1) is 0 Å². The molecular formula is C24H20N6O4S. The number of benzene rings is 2. The summed E-state index contributed by atoms with van der Waals surface area (Å²) >= 11 is 1.42. The number of para-hydroxylation sites is 1. The molecule has 11 heteroatoms. The van der Waals surface area contributed by atoms with Crippen LogP contribution in [0.5, 0.6) is 11.5 Å². The van der Waals surface area contributed by atoms with Crippen LogP contribution in [0.25, 0.3) is 22.4 Å². The molecule has 0 aliphatic rings. The summed E-state index contributed by atoms with van der Waals surface area (Å²) in [6.07, 6.45) is 3.35. The number of aromatic nitrogens is 5. The summed E-state index contributed by atoms with van der Waals surface area (Å²) < 4.78 is 16.6. The van der Waals surface area contributed by atoms with E-state index >= 15 is 0 Å². The summed E-state index contributed by atoms with van der Waals surface area (Å²) in [5, 5.41) is 11.1. The number of H-pyrrole nitrogens is 1. The molecule has 3 aromatic heterocycles. The van der Waals surface area contributed by atoms with Gasteiger partial charge in [0.05, 0.1) is 19.8 Å². The molecule has 0 bridgehead atoms. The van der Waals surface area contributed by atoms with Crippen LogP contribution in [0.3, 0.4) is 0 Å². The molecular weight excluding hydrogens is 468 g/mol. The van der Waals surface area contributed by atoms with Gasteiger partial charge in [0.2, 0.25) is 5.95 Å². The summed E-state index contributed by atoms with van der Waals surface area (Å²) in [6, 6.07) is 14.6. The Bertz CT molecular complexity index is 1480. The SMILES string of the molecule is COc1ccc(-c2nc(NC(=O)c3oc4ccccc4c3CSc3ncccn3)n[nH]2)c(OC)c1. The van der Waals surface area contributed by atoms with Crippen molar-refractivity contribution in [1.29, 1.82) is 0 Å². The largest absolute Gasteiger partial charge is 0.497 e. The number of hydrogen-bond acceptors (Lipinski definition) is 9. The van der Waals surface area contributed by atoms with Gasteiger partial charge < -0.3 is 13.9 Å². The van der Waals surface area contributed by atoms with Gasteiger partial charge in [0.25, 0.3) is 5.91 Å². The number of nitrogens with zero attached hydrogens (tertiary/aromatic N) is 4. The van der Waals surface area contributed by atoms with Crippen molar-refractivity contribution in [3.8, 4) is 22.9 Å². The van der Waals surface area contributed by atoms with Crippen molar-refractivity contribution in [2.75, 3.05) is 19.5 Å². The molecule has 0 aliphatic carbocycles. The molecule has 2 N–H and O–H groups in total. The first-order valence-corrected chi connectivity index (χ1v) is 11.5. The number of carbonyl (C=O) groups excluding carboxylic acids is 1. The lowest BCUT2D eigenvalue weighted by Gasteiger charge is -2.07. The van der Waals surface area contributed by atoms with E-state index in [9.17, 15) is 4.79 Å². The minimum absolute atomic E-state index is 0.105. The molecule has 35 heavy (non-hydrogen) atoms. The third kappa shape index (κ3) is 4.66. The van der Waals surface area contributed by atoms with E-state index in [1.165, 1.54) is 11.8 Å². The Balaban J connectivity index is 1.40. The molecule has 0 saturated heterocycles. The number of aromatic amines is 1. The Hall–Kier alpha value is -4.38. The predicted octanol–water partition coefficient (Wildman–Crippen LogP) is 4.57. The maximum absolute atomic E-state index is 13.2. The first kappa shape index (κ1) is 22.4. The molecule has 1 amide bonds. The highest BCUT2D eigenvalue weighted by atomic mass is 32.2. The molecule has 5 rings (SSSR count). The lowest BCUT2D eigenvalue weighted by molar-refractivity contribution is 0.0997. The van der Waals surface area contributed by atoms with E-state index in [1.54, 1.807) is 50.9 Å². The Kier molecular flexibility index (Phi) is 6.31. The average Bonchev–Trinajstić information content (AvgIpc) is 3.52. The third-order valence-electron chi connectivity index (χ3n) is 5.17. The second-order valence-corrected chi connectivity index (χ2v) is 8.20. The fourth-order valence-corrected chi connectivity index (χ4v) is 4.34. The first-order chi connectivity index (χ1) is 17.2. The van der Waals surface area contributed by atoms with Crippen LogP contribution >= 0.6 is 11.8 Å². The highest BCUT2D eigenvalue weighted by molar-refractivity contribution is 7.98. The number of carbonyl (C=O) groups is 1. The van der Waals surface area contributed by atoms with Crippen molar-refractivity contribution in [1.82, 2.24) is 25.1 Å². The maximum Gasteiger partial charge on any atom is 0.294 e. The quantitative estimate of drug-likeness (QED) is 0.238. The van der Waals surface area contributed by atoms with Crippen molar-refractivity contribution in [3.05, 3.63) is 72.2 Å². The molecule has 10 nitrogen and oxygen atoms in total. The fraction of sp³-hybridized carbons (Fsp3) is 0.125. The number of rotatable bonds is 8. The molecule has 0 aliphatic heterocycles. The predicted molar refractivity (Wildman–Crippen MR) is 131 cm³/mol. The summed E-state index contributed by atoms with van der Waals surface area (Å²) in [7, 11) is 3.13. The maximum atomic E-state index is 13.2. The van der Waals surface area contributed by atoms with E-state index in [0.29, 0.717) is 39.4 Å². The van der Waals surface area contributed by atoms with Gasteiger partial charge in [-0.2, -0.15) is 4.98 Å². The van der Waals surface area contributed by atoms with Gasteiger partial charge in [0.1, 0.15) is 17.1 Å². The summed E-state index contributed by atoms with van der Waals surface area (Å²) in [5.41, 5.74) is 2.02. The zero-order valence-corrected chi connectivity index (χ0v) is 19.6. The molecule has 0 radical (unpaired) electrons. The molecule has 0 atom stereocenters. The fourth-order valence-electron chi connectivity index (χ4n) is 3.51. The van der Waals surface area contributed by atoms with Crippen LogP contribution in [0.2, 0.25) is 0 Å². The lowest BCUT2D eigenvalue weighted by atomic mass is 10.1. The van der Waals surface area contributed by atoms with Crippen molar-refractivity contribution >= 4 is 34.6 Å². The molecule has 0 unspecified atom stereocenters. The molecule has 5 aromatic rings. The van der Waals surface area contributed by atoms with Crippen LogP contribution in [0.4, 0.5) is 5.95 Å². The zero-order valence-electron chi connectivity index (χ0n) is 18.8. The molecule has 0 saturated carbocycles. The molecule has 2 aromatic carbocycles. The van der Waals surface area contributed by atoms with Gasteiger partial charge in [0, 0.05) is 35.2 Å². The van der Waals surface area contributed by atoms with E-state index in [2.05, 4.69) is 30.5 Å². The first-order valence-electron chi connectivity index (χ1n) is 10.5. The Morgan fingerprint density at radius 1 is 1.09 bits per heavy atom. The van der Waals surface area contributed by atoms with Gasteiger partial charge in [-0.25, -0.2) is 9.97 Å². The zero-order chi connectivity index (χ0) is 24.2. The van der Waals surface area contributed by atoms with Gasteiger partial charge in [-0.3, -0.25) is 15.2 Å². The highest BCUT2D eigenvalue weighted by Gasteiger charge is 2.22. The molecule has 0 fully saturated rings. The number of anilines is 1. The van der Waals surface area contributed by atoms with E-state index in [1.807, 2.05) is 24.3 Å². The van der Waals surface area contributed by atoms with Crippen molar-refractivity contribution < 1.29 is 18.7 Å². The smallest absolute Gasteiger partial charge is 0.294 e. The lowest BCUT2D eigenvalue weighted by Crippen LogP contribution is -2.14. The minimum atomic E-state index is -0.460. The standard InChI is InChI=1S/C24H20N6O4S/c1-32-14-8-9-16(19(12-14)33-2)21-27-23(30-29-21)28-22(31)20-17(13-35-24-25-10-5-11-26-24)15-6-3-4-7-18(15)34-20/h3-12H,13H2,1-2H3,(H2,27,28,29,30,31). The van der Waals surface area contributed by atoms with Gasteiger partial charge in [-0.1, -0.05) is 30.0 Å².